The van der Waals surface area contributed by atoms with Gasteiger partial charge in [-0.15, -0.1) is 12.4 Å². The third kappa shape index (κ3) is 3.55. The van der Waals surface area contributed by atoms with Crippen molar-refractivity contribution in [1.29, 1.82) is 0 Å². The highest BCUT2D eigenvalue weighted by atomic mass is 35.5. The average Bonchev–Trinajstić information content (AvgIpc) is 2.78. The molecule has 0 bridgehead atoms. The summed E-state index contributed by atoms with van der Waals surface area (Å²) in [6.07, 6.45) is 0.891. The zero-order valence-electron chi connectivity index (χ0n) is 10.1. The smallest absolute Gasteiger partial charge is 0.253 e. The molecule has 0 aliphatic carbocycles. The van der Waals surface area contributed by atoms with Crippen molar-refractivity contribution in [3.8, 4) is 0 Å². The minimum atomic E-state index is -0.648. The molecule has 1 fully saturated rings. The van der Waals surface area contributed by atoms with Crippen LogP contribution in [0.3, 0.4) is 0 Å². The van der Waals surface area contributed by atoms with Crippen molar-refractivity contribution in [2.75, 3.05) is 27.2 Å². The monoisotopic (exact) mass is 265 g/mol. The molecule has 2 amide bonds. The van der Waals surface area contributed by atoms with Gasteiger partial charge in [0, 0.05) is 27.2 Å². The van der Waals surface area contributed by atoms with Gasteiger partial charge >= 0.3 is 0 Å². The molecule has 0 radical (unpaired) electrons. The fourth-order valence-corrected chi connectivity index (χ4v) is 1.95. The van der Waals surface area contributed by atoms with Crippen LogP contribution in [0.4, 0.5) is 0 Å². The zero-order chi connectivity index (χ0) is 12.1. The Bertz CT molecular complexity index is 272. The SMILES string of the molecule is CNC(=O)C1CCCN1C(=O)C(CN)OC.Cl. The predicted molar refractivity (Wildman–Crippen MR) is 65.9 cm³/mol. The third-order valence-corrected chi connectivity index (χ3v) is 2.86. The van der Waals surface area contributed by atoms with Crippen molar-refractivity contribution in [3.05, 3.63) is 0 Å². The molecule has 1 saturated heterocycles. The van der Waals surface area contributed by atoms with Crippen LogP contribution in [0.2, 0.25) is 0 Å². The second kappa shape index (κ2) is 7.47. The molecule has 17 heavy (non-hydrogen) atoms. The van der Waals surface area contributed by atoms with Crippen molar-refractivity contribution < 1.29 is 14.3 Å². The maximum absolute atomic E-state index is 12.0. The Morgan fingerprint density at radius 2 is 2.24 bits per heavy atom. The fourth-order valence-electron chi connectivity index (χ4n) is 1.95. The van der Waals surface area contributed by atoms with Crippen LogP contribution in [0.1, 0.15) is 12.8 Å². The number of carbonyl (C=O) groups is 2. The first-order chi connectivity index (χ1) is 7.65. The summed E-state index contributed by atoms with van der Waals surface area (Å²) in [5, 5.41) is 2.56. The lowest BCUT2D eigenvalue weighted by Crippen LogP contribution is -2.50. The number of hydrogen-bond donors (Lipinski definition) is 2. The van der Waals surface area contributed by atoms with Crippen LogP contribution >= 0.6 is 12.4 Å². The molecule has 1 rings (SSSR count). The van der Waals surface area contributed by atoms with Gasteiger partial charge in [-0.3, -0.25) is 9.59 Å². The van der Waals surface area contributed by atoms with Crippen LogP contribution < -0.4 is 11.1 Å². The van der Waals surface area contributed by atoms with E-state index in [9.17, 15) is 9.59 Å². The zero-order valence-corrected chi connectivity index (χ0v) is 11.0. The van der Waals surface area contributed by atoms with E-state index in [1.807, 2.05) is 0 Å². The molecule has 1 aliphatic heterocycles. The molecule has 0 saturated carbocycles. The Hall–Kier alpha value is -0.850. The lowest BCUT2D eigenvalue weighted by atomic mass is 10.2. The summed E-state index contributed by atoms with van der Waals surface area (Å²) < 4.78 is 4.99. The van der Waals surface area contributed by atoms with E-state index >= 15 is 0 Å². The summed E-state index contributed by atoms with van der Waals surface area (Å²) in [4.78, 5) is 25.1. The number of nitrogens with zero attached hydrogens (tertiary/aromatic N) is 1. The lowest BCUT2D eigenvalue weighted by Gasteiger charge is -2.26. The Kier molecular flexibility index (Phi) is 7.10. The molecule has 100 valence electrons. The Morgan fingerprint density at radius 3 is 2.71 bits per heavy atom. The van der Waals surface area contributed by atoms with Gasteiger partial charge in [0.1, 0.15) is 12.1 Å². The second-order valence-electron chi connectivity index (χ2n) is 3.76. The number of nitrogens with one attached hydrogen (secondary N) is 1. The van der Waals surface area contributed by atoms with Gasteiger partial charge < -0.3 is 20.7 Å². The summed E-state index contributed by atoms with van der Waals surface area (Å²) in [7, 11) is 3.01. The standard InChI is InChI=1S/C10H19N3O3.ClH/c1-12-9(14)7-4-3-5-13(7)10(15)8(6-11)16-2;/h7-8H,3-6,11H2,1-2H3,(H,12,14);1H. The highest BCUT2D eigenvalue weighted by Crippen LogP contribution is 2.18. The van der Waals surface area contributed by atoms with Gasteiger partial charge in [0.25, 0.3) is 5.91 Å². The van der Waals surface area contributed by atoms with Gasteiger partial charge in [-0.1, -0.05) is 0 Å². The van der Waals surface area contributed by atoms with Crippen molar-refractivity contribution in [2.24, 2.45) is 5.73 Å². The molecule has 3 N–H and O–H groups in total. The lowest BCUT2D eigenvalue weighted by molar-refractivity contribution is -0.146. The normalized spacial score (nSPS) is 20.6. The molecule has 7 heteroatoms. The first kappa shape index (κ1) is 16.1. The topological polar surface area (TPSA) is 84.7 Å². The van der Waals surface area contributed by atoms with Crippen LogP contribution in [-0.2, 0) is 14.3 Å². The van der Waals surface area contributed by atoms with Gasteiger partial charge in [0.2, 0.25) is 5.91 Å². The fraction of sp³-hybridized carbons (Fsp3) is 0.800. The van der Waals surface area contributed by atoms with Gasteiger partial charge in [0.15, 0.2) is 0 Å². The van der Waals surface area contributed by atoms with Crippen LogP contribution in [0.5, 0.6) is 0 Å². The minimum Gasteiger partial charge on any atom is -0.370 e. The summed E-state index contributed by atoms with van der Waals surface area (Å²) in [5.74, 6) is -0.325. The highest BCUT2D eigenvalue weighted by Gasteiger charge is 2.36. The number of halogens is 1. The largest absolute Gasteiger partial charge is 0.370 e. The van der Waals surface area contributed by atoms with Crippen LogP contribution in [0, 0.1) is 0 Å². The number of carbonyl (C=O) groups excluding carboxylic acids is 2. The van der Waals surface area contributed by atoms with Gasteiger partial charge in [-0.05, 0) is 12.8 Å². The van der Waals surface area contributed by atoms with Gasteiger partial charge in [0.05, 0.1) is 0 Å². The summed E-state index contributed by atoms with van der Waals surface area (Å²) in [6, 6.07) is -0.373. The van der Waals surface area contributed by atoms with E-state index in [0.29, 0.717) is 13.0 Å². The van der Waals surface area contributed by atoms with Crippen molar-refractivity contribution in [2.45, 2.75) is 25.0 Å². The Balaban J connectivity index is 0.00000256. The van der Waals surface area contributed by atoms with Crippen molar-refractivity contribution in [3.63, 3.8) is 0 Å². The average molecular weight is 266 g/mol. The first-order valence-electron chi connectivity index (χ1n) is 5.40. The Labute approximate surface area is 107 Å². The van der Waals surface area contributed by atoms with Crippen LogP contribution in [0.25, 0.3) is 0 Å². The molecular formula is C10H20ClN3O3. The molecule has 1 heterocycles. The van der Waals surface area contributed by atoms with Crippen LogP contribution in [0.15, 0.2) is 0 Å². The van der Waals surface area contributed by atoms with E-state index in [1.54, 1.807) is 11.9 Å². The molecule has 0 spiro atoms. The summed E-state index contributed by atoms with van der Waals surface area (Å²) >= 11 is 0. The van der Waals surface area contributed by atoms with Gasteiger partial charge in [-0.25, -0.2) is 0 Å². The number of rotatable bonds is 4. The quantitative estimate of drug-likeness (QED) is 0.691. The number of ether oxygens (including phenoxy) is 1. The third-order valence-electron chi connectivity index (χ3n) is 2.86. The molecule has 6 nitrogen and oxygen atoms in total. The molecule has 0 aromatic heterocycles. The van der Waals surface area contributed by atoms with E-state index in [1.165, 1.54) is 7.11 Å². The van der Waals surface area contributed by atoms with Crippen LogP contribution in [-0.4, -0.2) is 56.1 Å². The Morgan fingerprint density at radius 1 is 1.59 bits per heavy atom. The molecule has 2 unspecified atom stereocenters. The van der Waals surface area contributed by atoms with Crippen molar-refractivity contribution in [1.82, 2.24) is 10.2 Å². The molecule has 1 aliphatic rings. The predicted octanol–water partition coefficient (Wildman–Crippen LogP) is -0.881. The maximum atomic E-state index is 12.0. The van der Waals surface area contributed by atoms with E-state index < -0.39 is 6.10 Å². The minimum absolute atomic E-state index is 0. The molecule has 2 atom stereocenters. The van der Waals surface area contributed by atoms with Gasteiger partial charge in [-0.2, -0.15) is 0 Å². The summed E-state index contributed by atoms with van der Waals surface area (Å²) in [6.45, 7) is 0.725. The maximum Gasteiger partial charge on any atom is 0.253 e. The van der Waals surface area contributed by atoms with E-state index in [0.717, 1.165) is 6.42 Å². The number of nitrogens with two attached hydrogens (primary N) is 1. The number of likely N-dealkylation sites (tertiary alicyclic amines) is 1. The van der Waals surface area contributed by atoms with E-state index in [-0.39, 0.29) is 36.8 Å². The number of methoxy groups -OCH3 is 1. The van der Waals surface area contributed by atoms with E-state index in [4.69, 9.17) is 10.5 Å². The number of amides is 2. The highest BCUT2D eigenvalue weighted by molar-refractivity contribution is 5.90. The second-order valence-corrected chi connectivity index (χ2v) is 3.76. The number of hydrogen-bond acceptors (Lipinski definition) is 4. The first-order valence-corrected chi connectivity index (χ1v) is 5.40. The van der Waals surface area contributed by atoms with Crippen molar-refractivity contribution >= 4 is 24.2 Å². The molecule has 0 aromatic carbocycles. The molecular weight excluding hydrogens is 246 g/mol. The summed E-state index contributed by atoms with van der Waals surface area (Å²) in [5.41, 5.74) is 5.43. The molecule has 0 aromatic rings. The number of likely N-dealkylation sites (N-methyl/N-ethyl adjacent to an activating group) is 1. The van der Waals surface area contributed by atoms with E-state index in [2.05, 4.69) is 5.32 Å².